The van der Waals surface area contributed by atoms with Gasteiger partial charge in [-0.25, -0.2) is 9.78 Å². The first-order valence-electron chi connectivity index (χ1n) is 11.5. The number of ether oxygens (including phenoxy) is 1. The number of carbonyl (C=O) groups is 1. The lowest BCUT2D eigenvalue weighted by molar-refractivity contribution is 0.0686. The Kier molecular flexibility index (Phi) is 6.62. The molecule has 1 aromatic carbocycles. The predicted octanol–water partition coefficient (Wildman–Crippen LogP) is 2.52. The molecule has 0 spiro atoms. The minimum atomic E-state index is -0.441. The Hall–Kier alpha value is -3.42. The molecule has 8 heteroatoms. The normalized spacial score (nSPS) is 14.6. The summed E-state index contributed by atoms with van der Waals surface area (Å²) in [6.45, 7) is 4.03. The first-order chi connectivity index (χ1) is 15.9. The quantitative estimate of drug-likeness (QED) is 0.576. The molecule has 1 fully saturated rings. The fourth-order valence-electron chi connectivity index (χ4n) is 4.48. The van der Waals surface area contributed by atoms with Crippen molar-refractivity contribution in [2.45, 2.75) is 32.6 Å². The molecule has 0 aliphatic carbocycles. The molecular weight excluding hydrogens is 420 g/mol. The zero-order valence-corrected chi connectivity index (χ0v) is 19.4. The number of hydrogen-bond acceptors (Lipinski definition) is 5. The highest BCUT2D eigenvalue weighted by Crippen LogP contribution is 2.24. The van der Waals surface area contributed by atoms with Gasteiger partial charge in [-0.15, -0.1) is 0 Å². The molecular formula is C25H30N4O4. The van der Waals surface area contributed by atoms with Crippen LogP contribution in [0, 0.1) is 5.92 Å². The van der Waals surface area contributed by atoms with Crippen LogP contribution in [-0.4, -0.2) is 44.6 Å². The molecule has 1 aliphatic heterocycles. The van der Waals surface area contributed by atoms with Gasteiger partial charge in [-0.1, -0.05) is 12.1 Å². The van der Waals surface area contributed by atoms with Gasteiger partial charge >= 0.3 is 5.69 Å². The summed E-state index contributed by atoms with van der Waals surface area (Å²) in [5, 5.41) is 0.274. The van der Waals surface area contributed by atoms with Gasteiger partial charge in [0.05, 0.1) is 17.6 Å². The Balaban J connectivity index is 1.37. The number of rotatable bonds is 6. The van der Waals surface area contributed by atoms with Gasteiger partial charge in [0.1, 0.15) is 11.4 Å². The van der Waals surface area contributed by atoms with E-state index in [1.165, 1.54) is 23.4 Å². The van der Waals surface area contributed by atoms with Crippen molar-refractivity contribution in [1.82, 2.24) is 19.0 Å². The van der Waals surface area contributed by atoms with Gasteiger partial charge < -0.3 is 9.64 Å². The Morgan fingerprint density at radius 3 is 2.45 bits per heavy atom. The summed E-state index contributed by atoms with van der Waals surface area (Å²) in [6.07, 6.45) is 5.49. The fourth-order valence-corrected chi connectivity index (χ4v) is 4.48. The summed E-state index contributed by atoms with van der Waals surface area (Å²) in [5.41, 5.74) is 1.09. The molecule has 4 rings (SSSR count). The third-order valence-electron chi connectivity index (χ3n) is 6.52. The SMILES string of the molecule is CCOc1ccc(CCC2CCN(C(=O)c3cnc4c(c3)c(=O)n(C)c(=O)n4C)CC2)cc1. The molecule has 0 saturated carbocycles. The maximum atomic E-state index is 13.1. The van der Waals surface area contributed by atoms with E-state index in [9.17, 15) is 14.4 Å². The monoisotopic (exact) mass is 450 g/mol. The van der Waals surface area contributed by atoms with Gasteiger partial charge in [0.25, 0.3) is 11.5 Å². The van der Waals surface area contributed by atoms with Crippen LogP contribution in [0.1, 0.15) is 42.1 Å². The minimum absolute atomic E-state index is 0.120. The summed E-state index contributed by atoms with van der Waals surface area (Å²) >= 11 is 0. The second-order valence-corrected chi connectivity index (χ2v) is 8.65. The number of nitrogens with zero attached hydrogens (tertiary/aromatic N) is 4. The lowest BCUT2D eigenvalue weighted by Crippen LogP contribution is -2.39. The largest absolute Gasteiger partial charge is 0.494 e. The maximum Gasteiger partial charge on any atom is 0.332 e. The third kappa shape index (κ3) is 4.69. The number of fused-ring (bicyclic) bond motifs is 1. The summed E-state index contributed by atoms with van der Waals surface area (Å²) in [6, 6.07) is 9.84. The van der Waals surface area contributed by atoms with Crippen molar-refractivity contribution in [3.05, 3.63) is 68.5 Å². The molecule has 3 aromatic rings. The highest BCUT2D eigenvalue weighted by atomic mass is 16.5. The van der Waals surface area contributed by atoms with E-state index in [1.54, 1.807) is 13.1 Å². The first kappa shape index (κ1) is 22.8. The second-order valence-electron chi connectivity index (χ2n) is 8.65. The number of aromatic nitrogens is 3. The zero-order chi connectivity index (χ0) is 23.5. The van der Waals surface area contributed by atoms with E-state index in [1.807, 2.05) is 24.0 Å². The summed E-state index contributed by atoms with van der Waals surface area (Å²) in [5.74, 6) is 1.36. The first-order valence-corrected chi connectivity index (χ1v) is 11.5. The number of hydrogen-bond donors (Lipinski definition) is 0. The van der Waals surface area contributed by atoms with E-state index in [4.69, 9.17) is 4.74 Å². The summed E-state index contributed by atoms with van der Waals surface area (Å²) in [4.78, 5) is 43.7. The molecule has 0 radical (unpaired) electrons. The maximum absolute atomic E-state index is 13.1. The van der Waals surface area contributed by atoms with Crippen molar-refractivity contribution in [2.75, 3.05) is 19.7 Å². The smallest absolute Gasteiger partial charge is 0.332 e. The van der Waals surface area contributed by atoms with Crippen LogP contribution in [0.2, 0.25) is 0 Å². The van der Waals surface area contributed by atoms with E-state index < -0.39 is 11.2 Å². The van der Waals surface area contributed by atoms with Crippen molar-refractivity contribution < 1.29 is 9.53 Å². The average molecular weight is 451 g/mol. The van der Waals surface area contributed by atoms with Crippen molar-refractivity contribution in [1.29, 1.82) is 0 Å². The molecule has 3 heterocycles. The lowest BCUT2D eigenvalue weighted by atomic mass is 9.90. The molecule has 1 saturated heterocycles. The number of aryl methyl sites for hydroxylation is 2. The number of carbonyl (C=O) groups excluding carboxylic acids is 1. The van der Waals surface area contributed by atoms with Gasteiger partial charge in [0.15, 0.2) is 0 Å². The van der Waals surface area contributed by atoms with Crippen molar-refractivity contribution in [2.24, 2.45) is 20.0 Å². The highest BCUT2D eigenvalue weighted by molar-refractivity contribution is 5.96. The van der Waals surface area contributed by atoms with Crippen LogP contribution in [0.15, 0.2) is 46.1 Å². The Labute approximate surface area is 192 Å². The van der Waals surface area contributed by atoms with Gasteiger partial charge in [0.2, 0.25) is 0 Å². The van der Waals surface area contributed by atoms with Crippen molar-refractivity contribution in [3.63, 3.8) is 0 Å². The Bertz CT molecular complexity index is 1270. The summed E-state index contributed by atoms with van der Waals surface area (Å²) < 4.78 is 7.85. The van der Waals surface area contributed by atoms with Gasteiger partial charge in [-0.2, -0.15) is 0 Å². The molecule has 33 heavy (non-hydrogen) atoms. The second kappa shape index (κ2) is 9.60. The number of benzene rings is 1. The van der Waals surface area contributed by atoms with E-state index in [-0.39, 0.29) is 16.9 Å². The third-order valence-corrected chi connectivity index (χ3v) is 6.52. The van der Waals surface area contributed by atoms with E-state index in [0.717, 1.165) is 36.0 Å². The molecule has 0 bridgehead atoms. The Morgan fingerprint density at radius 1 is 1.09 bits per heavy atom. The fraction of sp³-hybridized carbons (Fsp3) is 0.440. The molecule has 1 amide bonds. The van der Waals surface area contributed by atoms with Crippen molar-refractivity contribution in [3.8, 4) is 5.75 Å². The van der Waals surface area contributed by atoms with E-state index >= 15 is 0 Å². The molecule has 8 nitrogen and oxygen atoms in total. The standard InChI is InChI=1S/C25H30N4O4/c1-4-33-20-9-7-17(8-10-20)5-6-18-11-13-29(14-12-18)23(30)19-15-21-22(26-16-19)27(2)25(32)28(3)24(21)31/h7-10,15-16,18H,4-6,11-14H2,1-3H3. The van der Waals surface area contributed by atoms with Gasteiger partial charge in [-0.05, 0) is 62.3 Å². The lowest BCUT2D eigenvalue weighted by Gasteiger charge is -2.32. The van der Waals surface area contributed by atoms with Gasteiger partial charge in [-0.3, -0.25) is 18.7 Å². The molecule has 0 unspecified atom stereocenters. The van der Waals surface area contributed by atoms with Crippen LogP contribution >= 0.6 is 0 Å². The van der Waals surface area contributed by atoms with Gasteiger partial charge in [0, 0.05) is 33.4 Å². The average Bonchev–Trinajstić information content (AvgIpc) is 2.85. The minimum Gasteiger partial charge on any atom is -0.494 e. The molecule has 0 N–H and O–H groups in total. The van der Waals surface area contributed by atoms with E-state index in [0.29, 0.717) is 31.2 Å². The predicted molar refractivity (Wildman–Crippen MR) is 127 cm³/mol. The molecule has 1 aliphatic rings. The number of amides is 1. The number of pyridine rings is 1. The van der Waals surface area contributed by atoms with Crippen LogP contribution in [0.3, 0.4) is 0 Å². The van der Waals surface area contributed by atoms with Crippen molar-refractivity contribution >= 4 is 16.9 Å². The van der Waals surface area contributed by atoms with Crippen LogP contribution in [-0.2, 0) is 20.5 Å². The van der Waals surface area contributed by atoms with Crippen LogP contribution in [0.5, 0.6) is 5.75 Å². The molecule has 0 atom stereocenters. The Morgan fingerprint density at radius 2 is 1.79 bits per heavy atom. The number of piperidine rings is 1. The molecule has 2 aromatic heterocycles. The molecule has 174 valence electrons. The zero-order valence-electron chi connectivity index (χ0n) is 19.4. The summed E-state index contributed by atoms with van der Waals surface area (Å²) in [7, 11) is 2.99. The van der Waals surface area contributed by atoms with E-state index in [2.05, 4.69) is 17.1 Å². The topological polar surface area (TPSA) is 86.4 Å². The van der Waals surface area contributed by atoms with Crippen LogP contribution < -0.4 is 16.0 Å². The highest BCUT2D eigenvalue weighted by Gasteiger charge is 2.24. The van der Waals surface area contributed by atoms with Crippen LogP contribution in [0.4, 0.5) is 0 Å². The van der Waals surface area contributed by atoms with Crippen LogP contribution in [0.25, 0.3) is 11.0 Å². The number of likely N-dealkylation sites (tertiary alicyclic amines) is 1.